The van der Waals surface area contributed by atoms with E-state index < -0.39 is 5.91 Å². The lowest BCUT2D eigenvalue weighted by Gasteiger charge is -2.14. The molecule has 3 rings (SSSR count). The van der Waals surface area contributed by atoms with Crippen LogP contribution < -0.4 is 14.9 Å². The van der Waals surface area contributed by atoms with Crippen molar-refractivity contribution >= 4 is 73.7 Å². The third-order valence-electron chi connectivity index (χ3n) is 3.94. The zero-order chi connectivity index (χ0) is 21.8. The molecule has 0 spiro atoms. The summed E-state index contributed by atoms with van der Waals surface area (Å²) in [6.07, 6.45) is 1.67. The van der Waals surface area contributed by atoms with Gasteiger partial charge in [-0.3, -0.25) is 15.0 Å². The number of hydrazine groups is 1. The number of rotatable bonds is 6. The van der Waals surface area contributed by atoms with Gasteiger partial charge in [0.25, 0.3) is 5.91 Å². The van der Waals surface area contributed by atoms with Crippen LogP contribution in [-0.2, 0) is 16.2 Å². The third-order valence-corrected chi connectivity index (χ3v) is 6.20. The maximum absolute atomic E-state index is 12.5. The quantitative estimate of drug-likeness (QED) is 0.424. The number of thiocarbonyl (C=S) groups is 1. The highest BCUT2D eigenvalue weighted by Crippen LogP contribution is 2.39. The first-order chi connectivity index (χ1) is 14.3. The monoisotopic (exact) mass is 526 g/mol. The molecule has 1 heterocycles. The van der Waals surface area contributed by atoms with Crippen LogP contribution >= 0.6 is 51.5 Å². The summed E-state index contributed by atoms with van der Waals surface area (Å²) in [5.41, 5.74) is 3.96. The van der Waals surface area contributed by atoms with Gasteiger partial charge in [0.1, 0.15) is 6.61 Å². The molecular weight excluding hydrogens is 512 g/mol. The Balaban J connectivity index is 1.84. The predicted octanol–water partition coefficient (Wildman–Crippen LogP) is 4.94. The molecule has 0 atom stereocenters. The van der Waals surface area contributed by atoms with Crippen LogP contribution in [0.25, 0.3) is 6.08 Å². The molecule has 0 saturated carbocycles. The highest BCUT2D eigenvalue weighted by Gasteiger charge is 2.33. The number of carbonyl (C=O) groups excluding carboxylic acids is 2. The normalized spacial score (nSPS) is 14.9. The summed E-state index contributed by atoms with van der Waals surface area (Å²) in [6, 6.07) is 11.0. The number of ether oxygens (including phenoxy) is 2. The first-order valence-electron chi connectivity index (χ1n) is 8.59. The number of carbonyl (C=O) groups is 2. The number of nitrogens with zero attached hydrogens (tertiary/aromatic N) is 1. The average molecular weight is 528 g/mol. The van der Waals surface area contributed by atoms with E-state index in [1.165, 1.54) is 14.0 Å². The molecule has 0 aliphatic carbocycles. The van der Waals surface area contributed by atoms with Gasteiger partial charge < -0.3 is 9.47 Å². The number of amides is 2. The van der Waals surface area contributed by atoms with Crippen LogP contribution in [0.5, 0.6) is 11.5 Å². The summed E-state index contributed by atoms with van der Waals surface area (Å²) < 4.78 is 12.3. The van der Waals surface area contributed by atoms with E-state index >= 15 is 0 Å². The molecule has 30 heavy (non-hydrogen) atoms. The van der Waals surface area contributed by atoms with Crippen molar-refractivity contribution in [2.45, 2.75) is 13.5 Å². The summed E-state index contributed by atoms with van der Waals surface area (Å²) in [7, 11) is 1.53. The molecule has 1 aliphatic heterocycles. The minimum absolute atomic E-state index is 0.257. The van der Waals surface area contributed by atoms with E-state index in [1.54, 1.807) is 24.3 Å². The molecule has 2 amide bonds. The number of benzene rings is 2. The van der Waals surface area contributed by atoms with Gasteiger partial charge in [-0.1, -0.05) is 41.6 Å². The Labute approximate surface area is 196 Å². The van der Waals surface area contributed by atoms with Crippen molar-refractivity contribution < 1.29 is 19.1 Å². The fraction of sp³-hybridized carbons (Fsp3) is 0.150. The number of thioether (sulfide) groups is 1. The van der Waals surface area contributed by atoms with Crippen LogP contribution in [0.1, 0.15) is 18.1 Å². The molecule has 2 aromatic carbocycles. The lowest BCUT2D eigenvalue weighted by atomic mass is 10.1. The maximum atomic E-state index is 12.5. The topological polar surface area (TPSA) is 67.9 Å². The smallest absolute Gasteiger partial charge is 0.285 e. The Morgan fingerprint density at radius 3 is 2.77 bits per heavy atom. The molecule has 0 aromatic heterocycles. The van der Waals surface area contributed by atoms with Gasteiger partial charge in [-0.25, -0.2) is 0 Å². The lowest BCUT2D eigenvalue weighted by molar-refractivity contribution is -0.131. The number of nitrogens with one attached hydrogen (secondary N) is 1. The van der Waals surface area contributed by atoms with Crippen molar-refractivity contribution in [2.24, 2.45) is 0 Å². The molecule has 1 aliphatic rings. The Hall–Kier alpha value is -2.07. The maximum Gasteiger partial charge on any atom is 0.285 e. The SMILES string of the molecule is COc1cc(/C=C2\SC(=S)N(NC(C)=O)C2=O)cc(Br)c1OCc1ccccc1Cl. The van der Waals surface area contributed by atoms with Crippen molar-refractivity contribution in [3.8, 4) is 11.5 Å². The van der Waals surface area contributed by atoms with Gasteiger partial charge in [0.15, 0.2) is 15.8 Å². The summed E-state index contributed by atoms with van der Waals surface area (Å²) in [5, 5.41) is 1.67. The molecule has 0 bridgehead atoms. The molecule has 1 N–H and O–H groups in total. The van der Waals surface area contributed by atoms with Crippen molar-refractivity contribution in [3.63, 3.8) is 0 Å². The summed E-state index contributed by atoms with van der Waals surface area (Å²) in [6.45, 7) is 1.58. The van der Waals surface area contributed by atoms with Crippen LogP contribution in [0.3, 0.4) is 0 Å². The second-order valence-electron chi connectivity index (χ2n) is 6.10. The molecule has 0 radical (unpaired) electrons. The summed E-state index contributed by atoms with van der Waals surface area (Å²) in [5.74, 6) is 0.228. The van der Waals surface area contributed by atoms with Crippen LogP contribution in [0.15, 0.2) is 45.8 Å². The van der Waals surface area contributed by atoms with Crippen molar-refractivity contribution in [1.82, 2.24) is 10.4 Å². The molecule has 0 unspecified atom stereocenters. The number of halogens is 2. The number of methoxy groups -OCH3 is 1. The molecule has 1 saturated heterocycles. The minimum Gasteiger partial charge on any atom is -0.493 e. The number of hydrogen-bond donors (Lipinski definition) is 1. The van der Waals surface area contributed by atoms with E-state index in [1.807, 2.05) is 18.2 Å². The first-order valence-corrected chi connectivity index (χ1v) is 11.0. The molecule has 10 heteroatoms. The average Bonchev–Trinajstić information content (AvgIpc) is 2.95. The van der Waals surface area contributed by atoms with E-state index in [4.69, 9.17) is 33.3 Å². The van der Waals surface area contributed by atoms with E-state index in [0.717, 1.165) is 22.3 Å². The summed E-state index contributed by atoms with van der Waals surface area (Å²) >= 11 is 16.0. The standard InChI is InChI=1S/C20H16BrClN2O4S2/c1-11(25)23-24-19(26)17(30-20(24)29)9-12-7-14(21)18(16(8-12)27-2)28-10-13-5-3-4-6-15(13)22/h3-9H,10H2,1-2H3,(H,23,25)/b17-9-. The van der Waals surface area contributed by atoms with Crippen molar-refractivity contribution in [1.29, 1.82) is 0 Å². The Morgan fingerprint density at radius 1 is 1.37 bits per heavy atom. The fourth-order valence-electron chi connectivity index (χ4n) is 2.60. The highest BCUT2D eigenvalue weighted by molar-refractivity contribution is 9.10. The zero-order valence-corrected chi connectivity index (χ0v) is 19.9. The van der Waals surface area contributed by atoms with Gasteiger partial charge in [0, 0.05) is 17.5 Å². The Kier molecular flexibility index (Phi) is 7.41. The van der Waals surface area contributed by atoms with Crippen molar-refractivity contribution in [3.05, 3.63) is 61.9 Å². The second-order valence-corrected chi connectivity index (χ2v) is 9.04. The zero-order valence-electron chi connectivity index (χ0n) is 15.9. The predicted molar refractivity (Wildman–Crippen MR) is 125 cm³/mol. The molecule has 156 valence electrons. The largest absolute Gasteiger partial charge is 0.493 e. The Bertz CT molecular complexity index is 1060. The lowest BCUT2D eigenvalue weighted by Crippen LogP contribution is -2.43. The van der Waals surface area contributed by atoms with Gasteiger partial charge >= 0.3 is 0 Å². The van der Waals surface area contributed by atoms with E-state index in [2.05, 4.69) is 21.4 Å². The van der Waals surface area contributed by atoms with Gasteiger partial charge in [-0.2, -0.15) is 5.01 Å². The molecule has 2 aromatic rings. The third kappa shape index (κ3) is 5.15. The van der Waals surface area contributed by atoms with Crippen molar-refractivity contribution in [2.75, 3.05) is 7.11 Å². The minimum atomic E-state index is -0.394. The van der Waals surface area contributed by atoms with Gasteiger partial charge in [0.2, 0.25) is 5.91 Å². The Morgan fingerprint density at radius 2 is 2.10 bits per heavy atom. The van der Waals surface area contributed by atoms with Crippen LogP contribution in [0.4, 0.5) is 0 Å². The second kappa shape index (κ2) is 9.82. The van der Waals surface area contributed by atoms with Gasteiger partial charge in [0.05, 0.1) is 16.5 Å². The van der Waals surface area contributed by atoms with E-state index in [-0.39, 0.29) is 16.8 Å². The highest BCUT2D eigenvalue weighted by atomic mass is 79.9. The summed E-state index contributed by atoms with van der Waals surface area (Å²) in [4.78, 5) is 24.2. The molecule has 1 fully saturated rings. The number of hydrogen-bond acceptors (Lipinski definition) is 6. The van der Waals surface area contributed by atoms with Crippen LogP contribution in [-0.4, -0.2) is 28.3 Å². The fourth-order valence-corrected chi connectivity index (χ4v) is 4.55. The van der Waals surface area contributed by atoms with E-state index in [0.29, 0.717) is 31.5 Å². The van der Waals surface area contributed by atoms with Gasteiger partial charge in [-0.15, -0.1) is 0 Å². The van der Waals surface area contributed by atoms with Gasteiger partial charge in [-0.05, 0) is 58.0 Å². The van der Waals surface area contributed by atoms with Crippen LogP contribution in [0, 0.1) is 0 Å². The van der Waals surface area contributed by atoms with Crippen LogP contribution in [0.2, 0.25) is 5.02 Å². The first kappa shape index (κ1) is 22.6. The molecule has 6 nitrogen and oxygen atoms in total. The molecular formula is C20H16BrClN2O4S2. The van der Waals surface area contributed by atoms with E-state index in [9.17, 15) is 9.59 Å².